The fraction of sp³-hybridized carbons (Fsp3) is 0.429. The third-order valence-electron chi connectivity index (χ3n) is 3.52. The summed E-state index contributed by atoms with van der Waals surface area (Å²) in [7, 11) is 1.47. The first kappa shape index (κ1) is 17.4. The number of rotatable bonds is 3. The highest BCUT2D eigenvalue weighted by Gasteiger charge is 2.32. The molecule has 1 fully saturated rings. The molecule has 1 aromatic carbocycles. The van der Waals surface area contributed by atoms with E-state index in [4.69, 9.17) is 5.73 Å². The molecular weight excluding hydrogens is 292 g/mol. The average molecular weight is 313 g/mol. The molecule has 21 heavy (non-hydrogen) atoms. The summed E-state index contributed by atoms with van der Waals surface area (Å²) >= 11 is 0. The van der Waals surface area contributed by atoms with Crippen molar-refractivity contribution >= 4 is 24.3 Å². The van der Waals surface area contributed by atoms with Gasteiger partial charge < -0.3 is 11.1 Å². The van der Waals surface area contributed by atoms with Crippen molar-refractivity contribution in [2.24, 2.45) is 5.73 Å². The van der Waals surface area contributed by atoms with Crippen molar-refractivity contribution in [3.8, 4) is 0 Å². The number of nitrogens with two attached hydrogens (primary N) is 1. The number of urea groups is 1. The Morgan fingerprint density at radius 3 is 2.57 bits per heavy atom. The zero-order valence-corrected chi connectivity index (χ0v) is 12.7. The molecule has 3 amide bonds. The maximum atomic E-state index is 11.7. The number of amides is 3. The number of nitrogens with one attached hydrogen (secondary N) is 2. The minimum atomic E-state index is -0.488. The number of carbonyl (C=O) groups excluding carboxylic acids is 2. The molecule has 0 unspecified atom stereocenters. The van der Waals surface area contributed by atoms with Gasteiger partial charge in [-0.1, -0.05) is 30.3 Å². The number of hydrogen-bond donors (Lipinski definition) is 3. The smallest absolute Gasteiger partial charge is 0.321 e. The number of hydrogen-bond acceptors (Lipinski definition) is 4. The van der Waals surface area contributed by atoms with Crippen LogP contribution in [0.3, 0.4) is 0 Å². The standard InChI is InChI=1S/C14H20N4O2.ClH/c1-16-14(20)17-13(19)9-18-7-11(12(15)8-18)10-5-3-2-4-6-10;/h2-6,11-12H,7-9,15H2,1H3,(H2,16,17,19,20);1H/t11-,12+;/m0./s1. The number of halogens is 1. The molecule has 0 spiro atoms. The number of likely N-dealkylation sites (tertiary alicyclic amines) is 1. The highest BCUT2D eigenvalue weighted by Crippen LogP contribution is 2.25. The molecule has 0 radical (unpaired) electrons. The van der Waals surface area contributed by atoms with Gasteiger partial charge in [0.05, 0.1) is 6.54 Å². The van der Waals surface area contributed by atoms with Crippen LogP contribution in [0.1, 0.15) is 11.5 Å². The highest BCUT2D eigenvalue weighted by atomic mass is 35.5. The SMILES string of the molecule is CNC(=O)NC(=O)CN1C[C@@H](N)[C@H](c2ccccc2)C1.Cl. The van der Waals surface area contributed by atoms with Crippen LogP contribution in [0.4, 0.5) is 4.79 Å². The molecular formula is C14H21ClN4O2. The molecule has 1 heterocycles. The van der Waals surface area contributed by atoms with Crippen LogP contribution in [0.25, 0.3) is 0 Å². The van der Waals surface area contributed by atoms with Crippen LogP contribution < -0.4 is 16.4 Å². The predicted octanol–water partition coefficient (Wildman–Crippen LogP) is 0.291. The maximum absolute atomic E-state index is 11.7. The molecule has 116 valence electrons. The van der Waals surface area contributed by atoms with Crippen LogP contribution >= 0.6 is 12.4 Å². The van der Waals surface area contributed by atoms with Gasteiger partial charge in [0.1, 0.15) is 0 Å². The van der Waals surface area contributed by atoms with Gasteiger partial charge in [0.15, 0.2) is 0 Å². The van der Waals surface area contributed by atoms with Gasteiger partial charge in [0, 0.05) is 32.1 Å². The fourth-order valence-electron chi connectivity index (χ4n) is 2.53. The van der Waals surface area contributed by atoms with Crippen LogP contribution in [0.2, 0.25) is 0 Å². The lowest BCUT2D eigenvalue weighted by molar-refractivity contribution is -0.120. The molecule has 1 saturated heterocycles. The lowest BCUT2D eigenvalue weighted by Crippen LogP contribution is -2.43. The molecule has 2 rings (SSSR count). The number of carbonyl (C=O) groups is 2. The fourth-order valence-corrected chi connectivity index (χ4v) is 2.53. The van der Waals surface area contributed by atoms with Crippen LogP contribution in [0.5, 0.6) is 0 Å². The second kappa shape index (κ2) is 7.97. The minimum Gasteiger partial charge on any atom is -0.341 e. The third-order valence-corrected chi connectivity index (χ3v) is 3.52. The van der Waals surface area contributed by atoms with Gasteiger partial charge in [0.2, 0.25) is 5.91 Å². The van der Waals surface area contributed by atoms with Crippen molar-refractivity contribution in [1.82, 2.24) is 15.5 Å². The van der Waals surface area contributed by atoms with E-state index in [9.17, 15) is 9.59 Å². The van der Waals surface area contributed by atoms with Gasteiger partial charge in [-0.2, -0.15) is 0 Å². The van der Waals surface area contributed by atoms with E-state index in [0.717, 1.165) is 6.54 Å². The van der Waals surface area contributed by atoms with E-state index >= 15 is 0 Å². The molecule has 1 aliphatic rings. The van der Waals surface area contributed by atoms with E-state index in [1.165, 1.54) is 12.6 Å². The Morgan fingerprint density at radius 1 is 1.29 bits per heavy atom. The van der Waals surface area contributed by atoms with Crippen molar-refractivity contribution in [2.75, 3.05) is 26.7 Å². The Labute approximate surface area is 130 Å². The van der Waals surface area contributed by atoms with Gasteiger partial charge >= 0.3 is 6.03 Å². The number of nitrogens with zero attached hydrogens (tertiary/aromatic N) is 1. The summed E-state index contributed by atoms with van der Waals surface area (Å²) in [5, 5.41) is 4.60. The van der Waals surface area contributed by atoms with E-state index in [2.05, 4.69) is 22.8 Å². The summed E-state index contributed by atoms with van der Waals surface area (Å²) in [6.45, 7) is 1.57. The first-order chi connectivity index (χ1) is 9.60. The first-order valence-electron chi connectivity index (χ1n) is 6.64. The topological polar surface area (TPSA) is 87.5 Å². The molecule has 0 aliphatic carbocycles. The van der Waals surface area contributed by atoms with Crippen molar-refractivity contribution in [3.63, 3.8) is 0 Å². The monoisotopic (exact) mass is 312 g/mol. The Hall–Kier alpha value is -1.63. The van der Waals surface area contributed by atoms with E-state index in [1.54, 1.807) is 0 Å². The summed E-state index contributed by atoms with van der Waals surface area (Å²) in [4.78, 5) is 24.7. The van der Waals surface area contributed by atoms with Gasteiger partial charge in [-0.25, -0.2) is 4.79 Å². The van der Waals surface area contributed by atoms with Crippen molar-refractivity contribution < 1.29 is 9.59 Å². The van der Waals surface area contributed by atoms with Gasteiger partial charge in [-0.3, -0.25) is 15.0 Å². The lowest BCUT2D eigenvalue weighted by Gasteiger charge is -2.15. The van der Waals surface area contributed by atoms with E-state index in [1.807, 2.05) is 23.1 Å². The molecule has 7 heteroatoms. The van der Waals surface area contributed by atoms with Crippen LogP contribution in [0, 0.1) is 0 Å². The summed E-state index contributed by atoms with van der Waals surface area (Å²) in [5.41, 5.74) is 7.34. The summed E-state index contributed by atoms with van der Waals surface area (Å²) in [6, 6.07) is 9.57. The van der Waals surface area contributed by atoms with Gasteiger partial charge in [0.25, 0.3) is 0 Å². The van der Waals surface area contributed by atoms with Crippen LogP contribution in [0.15, 0.2) is 30.3 Å². The largest absolute Gasteiger partial charge is 0.341 e. The van der Waals surface area contributed by atoms with Gasteiger partial charge in [-0.05, 0) is 5.56 Å². The summed E-state index contributed by atoms with van der Waals surface area (Å²) in [6.07, 6.45) is 0. The minimum absolute atomic E-state index is 0. The number of benzene rings is 1. The summed E-state index contributed by atoms with van der Waals surface area (Å²) in [5.74, 6) is -0.0886. The molecule has 0 bridgehead atoms. The number of imide groups is 1. The normalized spacial score (nSPS) is 21.4. The van der Waals surface area contributed by atoms with Crippen molar-refractivity contribution in [3.05, 3.63) is 35.9 Å². The average Bonchev–Trinajstić information content (AvgIpc) is 2.80. The quantitative estimate of drug-likeness (QED) is 0.748. The van der Waals surface area contributed by atoms with Gasteiger partial charge in [-0.15, -0.1) is 12.4 Å². The molecule has 6 nitrogen and oxygen atoms in total. The zero-order valence-electron chi connectivity index (χ0n) is 11.9. The Balaban J connectivity index is 0.00000220. The molecule has 1 aromatic rings. The Kier molecular flexibility index (Phi) is 6.61. The van der Waals surface area contributed by atoms with Crippen LogP contribution in [-0.4, -0.2) is 49.6 Å². The van der Waals surface area contributed by atoms with E-state index in [0.29, 0.717) is 6.54 Å². The van der Waals surface area contributed by atoms with E-state index in [-0.39, 0.29) is 36.8 Å². The molecule has 0 aromatic heterocycles. The summed E-state index contributed by atoms with van der Waals surface area (Å²) < 4.78 is 0. The maximum Gasteiger partial charge on any atom is 0.321 e. The van der Waals surface area contributed by atoms with Crippen molar-refractivity contribution in [1.29, 1.82) is 0 Å². The lowest BCUT2D eigenvalue weighted by atomic mass is 9.95. The molecule has 0 saturated carbocycles. The third kappa shape index (κ3) is 4.70. The second-order valence-electron chi connectivity index (χ2n) is 5.00. The van der Waals surface area contributed by atoms with E-state index < -0.39 is 6.03 Å². The Bertz CT molecular complexity index is 483. The molecule has 4 N–H and O–H groups in total. The predicted molar refractivity (Wildman–Crippen MR) is 83.4 cm³/mol. The molecule has 2 atom stereocenters. The van der Waals surface area contributed by atoms with Crippen molar-refractivity contribution in [2.45, 2.75) is 12.0 Å². The first-order valence-corrected chi connectivity index (χ1v) is 6.64. The second-order valence-corrected chi connectivity index (χ2v) is 5.00. The highest BCUT2D eigenvalue weighted by molar-refractivity contribution is 5.95. The zero-order chi connectivity index (χ0) is 14.5. The van der Waals surface area contributed by atoms with Crippen LogP contribution in [-0.2, 0) is 4.79 Å². The Morgan fingerprint density at radius 2 is 1.95 bits per heavy atom. The molecule has 1 aliphatic heterocycles.